The molecule has 1 aromatic heterocycles. The van der Waals surface area contributed by atoms with Crippen LogP contribution < -0.4 is 14.2 Å². The molecule has 0 saturated heterocycles. The zero-order chi connectivity index (χ0) is 21.0. The second-order valence-corrected chi connectivity index (χ2v) is 6.59. The fourth-order valence-electron chi connectivity index (χ4n) is 3.14. The van der Waals surface area contributed by atoms with Crippen molar-refractivity contribution in [2.45, 2.75) is 13.0 Å². The van der Waals surface area contributed by atoms with E-state index in [1.165, 1.54) is 21.3 Å². The van der Waals surface area contributed by atoms with Crippen LogP contribution in [-0.4, -0.2) is 42.0 Å². The van der Waals surface area contributed by atoms with Crippen molar-refractivity contribution in [3.63, 3.8) is 0 Å². The van der Waals surface area contributed by atoms with Crippen molar-refractivity contribution in [2.75, 3.05) is 21.3 Å². The smallest absolute Gasteiger partial charge is 0.309 e. The summed E-state index contributed by atoms with van der Waals surface area (Å²) in [6.45, 7) is 0.412. The van der Waals surface area contributed by atoms with Gasteiger partial charge < -0.3 is 23.9 Å². The lowest BCUT2D eigenvalue weighted by Crippen LogP contribution is -2.11. The number of carboxylic acids is 1. The fourth-order valence-corrected chi connectivity index (χ4v) is 3.38. The van der Waals surface area contributed by atoms with Gasteiger partial charge in [0.2, 0.25) is 5.75 Å². The van der Waals surface area contributed by atoms with Gasteiger partial charge in [0.1, 0.15) is 5.82 Å². The Hall–Kier alpha value is -3.19. The monoisotopic (exact) mass is 416 g/mol. The second kappa shape index (κ2) is 8.87. The average Bonchev–Trinajstić information content (AvgIpc) is 3.02. The molecule has 0 aliphatic rings. The van der Waals surface area contributed by atoms with Crippen molar-refractivity contribution in [3.8, 4) is 28.6 Å². The maximum atomic E-state index is 11.4. The molecular weight excluding hydrogens is 396 g/mol. The lowest BCUT2D eigenvalue weighted by atomic mass is 10.1. The van der Waals surface area contributed by atoms with Crippen molar-refractivity contribution < 1.29 is 24.1 Å². The van der Waals surface area contributed by atoms with Crippen molar-refractivity contribution >= 4 is 17.6 Å². The molecule has 0 atom stereocenters. The highest BCUT2D eigenvalue weighted by Gasteiger charge is 2.22. The van der Waals surface area contributed by atoms with Gasteiger partial charge in [-0.1, -0.05) is 41.9 Å². The highest BCUT2D eigenvalue weighted by atomic mass is 35.5. The van der Waals surface area contributed by atoms with Crippen molar-refractivity contribution in [2.24, 2.45) is 0 Å². The van der Waals surface area contributed by atoms with Gasteiger partial charge in [-0.15, -0.1) is 0 Å². The Kier molecular flexibility index (Phi) is 6.29. The first kappa shape index (κ1) is 20.5. The number of aliphatic carboxylic acids is 1. The number of imidazole rings is 1. The quantitative estimate of drug-likeness (QED) is 0.599. The van der Waals surface area contributed by atoms with Crippen LogP contribution in [0.4, 0.5) is 0 Å². The summed E-state index contributed by atoms with van der Waals surface area (Å²) in [7, 11) is 4.58. The minimum atomic E-state index is -0.988. The van der Waals surface area contributed by atoms with Crippen LogP contribution in [-0.2, 0) is 17.8 Å². The van der Waals surface area contributed by atoms with Crippen LogP contribution in [0.5, 0.6) is 17.2 Å². The van der Waals surface area contributed by atoms with Gasteiger partial charge in [-0.05, 0) is 17.7 Å². The molecule has 3 aromatic rings. The average molecular weight is 417 g/mol. The van der Waals surface area contributed by atoms with Gasteiger partial charge in [-0.3, -0.25) is 4.79 Å². The number of carbonyl (C=O) groups is 1. The summed E-state index contributed by atoms with van der Waals surface area (Å²) in [5.74, 6) is 0.905. The number of aromatic nitrogens is 2. The second-order valence-electron chi connectivity index (χ2n) is 6.23. The lowest BCUT2D eigenvalue weighted by molar-refractivity contribution is -0.136. The predicted molar refractivity (Wildman–Crippen MR) is 109 cm³/mol. The number of nitrogens with zero attached hydrogens (tertiary/aromatic N) is 2. The van der Waals surface area contributed by atoms with Gasteiger partial charge in [0.25, 0.3) is 0 Å². The van der Waals surface area contributed by atoms with Gasteiger partial charge >= 0.3 is 5.97 Å². The molecule has 2 aromatic carbocycles. The van der Waals surface area contributed by atoms with Gasteiger partial charge in [0, 0.05) is 12.1 Å². The molecule has 152 valence electrons. The summed E-state index contributed by atoms with van der Waals surface area (Å²) in [5, 5.41) is 9.48. The van der Waals surface area contributed by atoms with Crippen LogP contribution in [0.2, 0.25) is 5.15 Å². The Morgan fingerprint density at radius 3 is 2.21 bits per heavy atom. The normalized spacial score (nSPS) is 10.6. The molecule has 0 amide bonds. The molecule has 1 heterocycles. The number of benzene rings is 2. The van der Waals surface area contributed by atoms with Crippen LogP contribution in [0.15, 0.2) is 42.5 Å². The van der Waals surface area contributed by atoms with Crippen LogP contribution in [0.1, 0.15) is 11.3 Å². The summed E-state index contributed by atoms with van der Waals surface area (Å²) < 4.78 is 18.0. The Balaban J connectivity index is 2.20. The maximum absolute atomic E-state index is 11.4. The molecule has 0 bridgehead atoms. The molecule has 3 rings (SSSR count). The molecular formula is C21H21ClN2O5. The zero-order valence-electron chi connectivity index (χ0n) is 16.3. The molecule has 8 heteroatoms. The van der Waals surface area contributed by atoms with E-state index >= 15 is 0 Å². The topological polar surface area (TPSA) is 82.8 Å². The number of ether oxygens (including phenoxy) is 3. The Morgan fingerprint density at radius 2 is 1.69 bits per heavy atom. The molecule has 7 nitrogen and oxygen atoms in total. The lowest BCUT2D eigenvalue weighted by Gasteiger charge is -2.16. The number of hydrogen-bond acceptors (Lipinski definition) is 5. The van der Waals surface area contributed by atoms with E-state index in [0.717, 1.165) is 5.56 Å². The van der Waals surface area contributed by atoms with E-state index in [9.17, 15) is 9.90 Å². The van der Waals surface area contributed by atoms with Gasteiger partial charge in [0.15, 0.2) is 16.7 Å². The van der Waals surface area contributed by atoms with E-state index in [4.69, 9.17) is 25.8 Å². The van der Waals surface area contributed by atoms with Crippen LogP contribution in [0.25, 0.3) is 11.4 Å². The highest BCUT2D eigenvalue weighted by Crippen LogP contribution is 2.41. The summed E-state index contributed by atoms with van der Waals surface area (Å²) >= 11 is 6.33. The minimum absolute atomic E-state index is 0.145. The van der Waals surface area contributed by atoms with Crippen LogP contribution in [0, 0.1) is 0 Å². The third kappa shape index (κ3) is 4.30. The molecule has 0 radical (unpaired) electrons. The number of carboxylic acid groups (broad SMARTS) is 1. The van der Waals surface area contributed by atoms with E-state index in [1.807, 2.05) is 30.3 Å². The van der Waals surface area contributed by atoms with E-state index in [1.54, 1.807) is 16.7 Å². The summed E-state index contributed by atoms with van der Waals surface area (Å²) in [6, 6.07) is 13.2. The Labute approximate surface area is 173 Å². The zero-order valence-corrected chi connectivity index (χ0v) is 17.1. The predicted octanol–water partition coefficient (Wildman–Crippen LogP) is 3.90. The molecule has 1 N–H and O–H groups in total. The molecule has 0 saturated carbocycles. The summed E-state index contributed by atoms with van der Waals surface area (Å²) in [6.07, 6.45) is -0.247. The third-order valence-corrected chi connectivity index (χ3v) is 4.75. The molecule has 29 heavy (non-hydrogen) atoms. The number of methoxy groups -OCH3 is 3. The fraction of sp³-hybridized carbons (Fsp3) is 0.238. The van der Waals surface area contributed by atoms with E-state index in [-0.39, 0.29) is 11.6 Å². The van der Waals surface area contributed by atoms with Gasteiger partial charge in [-0.25, -0.2) is 4.98 Å². The third-order valence-electron chi connectivity index (χ3n) is 4.45. The van der Waals surface area contributed by atoms with Crippen molar-refractivity contribution in [3.05, 3.63) is 58.9 Å². The van der Waals surface area contributed by atoms with Gasteiger partial charge in [-0.2, -0.15) is 0 Å². The molecule has 0 fully saturated rings. The van der Waals surface area contributed by atoms with E-state index < -0.39 is 5.97 Å². The highest BCUT2D eigenvalue weighted by molar-refractivity contribution is 6.30. The van der Waals surface area contributed by atoms with Gasteiger partial charge in [0.05, 0.1) is 33.4 Å². The van der Waals surface area contributed by atoms with Crippen molar-refractivity contribution in [1.82, 2.24) is 9.55 Å². The maximum Gasteiger partial charge on any atom is 0.309 e. The first-order valence-corrected chi connectivity index (χ1v) is 9.17. The first-order valence-electron chi connectivity index (χ1n) is 8.79. The molecule has 0 aliphatic carbocycles. The Bertz CT molecular complexity index is 992. The van der Waals surface area contributed by atoms with E-state index in [0.29, 0.717) is 40.9 Å². The summed E-state index contributed by atoms with van der Waals surface area (Å²) in [4.78, 5) is 15.8. The Morgan fingerprint density at radius 1 is 1.07 bits per heavy atom. The number of halogens is 1. The number of hydrogen-bond donors (Lipinski definition) is 1. The largest absolute Gasteiger partial charge is 0.493 e. The molecule has 0 unspecified atom stereocenters. The standard InChI is InChI=1S/C21H21ClN2O5/c1-27-16-9-14(10-17(28-2)19(16)29-3)21-23-20(22)15(11-18(25)26)24(21)12-13-7-5-4-6-8-13/h4-10H,11-12H2,1-3H3,(H,25,26). The molecule has 0 spiro atoms. The van der Waals surface area contributed by atoms with Crippen molar-refractivity contribution in [1.29, 1.82) is 0 Å². The minimum Gasteiger partial charge on any atom is -0.493 e. The SMILES string of the molecule is COc1cc(-c2nc(Cl)c(CC(=O)O)n2Cc2ccccc2)cc(OC)c1OC. The van der Waals surface area contributed by atoms with Crippen LogP contribution in [0.3, 0.4) is 0 Å². The van der Waals surface area contributed by atoms with Crippen LogP contribution >= 0.6 is 11.6 Å². The molecule has 0 aliphatic heterocycles. The summed E-state index contributed by atoms with van der Waals surface area (Å²) in [5.41, 5.74) is 2.07. The number of rotatable bonds is 8. The van der Waals surface area contributed by atoms with E-state index in [2.05, 4.69) is 4.98 Å². The first-order chi connectivity index (χ1) is 14.0.